The van der Waals surface area contributed by atoms with Crippen molar-refractivity contribution in [1.29, 1.82) is 0 Å². The van der Waals surface area contributed by atoms with Gasteiger partial charge in [0.25, 0.3) is 0 Å². The van der Waals surface area contributed by atoms with Gasteiger partial charge in [0, 0.05) is 0 Å². The van der Waals surface area contributed by atoms with Crippen LogP contribution in [0.3, 0.4) is 0 Å². The Morgan fingerprint density at radius 2 is 1.75 bits per heavy atom. The molecule has 0 aliphatic carbocycles. The fourth-order valence-electron chi connectivity index (χ4n) is 0.901. The van der Waals surface area contributed by atoms with E-state index in [9.17, 15) is 0 Å². The molecule has 0 rings (SSSR count). The van der Waals surface area contributed by atoms with Crippen LogP contribution in [0.1, 0.15) is 27.2 Å². The maximum absolute atomic E-state index is 5.42. The fourth-order valence-corrected chi connectivity index (χ4v) is 0.901. The van der Waals surface area contributed by atoms with Crippen molar-refractivity contribution in [3.8, 4) is 0 Å². The van der Waals surface area contributed by atoms with Gasteiger partial charge in [0.1, 0.15) is 0 Å². The molecule has 1 atom stereocenters. The number of nitrogens with two attached hydrogens (primary N) is 1. The highest BCUT2D eigenvalue weighted by molar-refractivity contribution is 4.54. The minimum atomic E-state index is 0.704. The first kappa shape index (κ1) is 7.96. The molecule has 0 aromatic rings. The summed E-state index contributed by atoms with van der Waals surface area (Å²) in [6, 6.07) is 0. The van der Waals surface area contributed by atoms with E-state index in [1.165, 1.54) is 6.42 Å². The summed E-state index contributed by atoms with van der Waals surface area (Å²) in [4.78, 5) is 0. The van der Waals surface area contributed by atoms with Gasteiger partial charge in [-0.05, 0) is 24.8 Å². The molecule has 0 aromatic heterocycles. The van der Waals surface area contributed by atoms with Gasteiger partial charge in [-0.1, -0.05) is 20.8 Å². The quantitative estimate of drug-likeness (QED) is 0.594. The summed E-state index contributed by atoms with van der Waals surface area (Å²) in [5, 5.41) is 0. The minimum Gasteiger partial charge on any atom is -0.330 e. The molecule has 8 heavy (non-hydrogen) atoms. The van der Waals surface area contributed by atoms with E-state index in [-0.39, 0.29) is 0 Å². The van der Waals surface area contributed by atoms with Crippen LogP contribution in [-0.2, 0) is 0 Å². The molecule has 1 heteroatoms. The van der Waals surface area contributed by atoms with Crippen LogP contribution in [-0.4, -0.2) is 6.54 Å². The van der Waals surface area contributed by atoms with Crippen LogP contribution in [0.25, 0.3) is 0 Å². The lowest BCUT2D eigenvalue weighted by atomic mass is 9.99. The van der Waals surface area contributed by atoms with E-state index in [2.05, 4.69) is 20.8 Å². The number of rotatable bonds is 3. The van der Waals surface area contributed by atoms with E-state index in [0.29, 0.717) is 5.92 Å². The van der Waals surface area contributed by atoms with Gasteiger partial charge < -0.3 is 5.73 Å². The Morgan fingerprint density at radius 3 is 1.88 bits per heavy atom. The third-order valence-corrected chi connectivity index (χ3v) is 1.28. The average Bonchev–Trinajstić information content (AvgIpc) is 1.65. The molecule has 2 N–H and O–H groups in total. The topological polar surface area (TPSA) is 26.0 Å². The summed E-state index contributed by atoms with van der Waals surface area (Å²) in [5.74, 6) is 1.50. The zero-order chi connectivity index (χ0) is 6.57. The molecule has 0 spiro atoms. The highest BCUT2D eigenvalue weighted by Crippen LogP contribution is 2.08. The third-order valence-electron chi connectivity index (χ3n) is 1.28. The number of hydrogen-bond donors (Lipinski definition) is 1. The molecule has 0 fully saturated rings. The Labute approximate surface area is 52.3 Å². The largest absolute Gasteiger partial charge is 0.330 e. The van der Waals surface area contributed by atoms with Gasteiger partial charge in [0.2, 0.25) is 0 Å². The molecule has 1 nitrogen and oxygen atoms in total. The van der Waals surface area contributed by atoms with E-state index in [1.807, 2.05) is 0 Å². The second kappa shape index (κ2) is 3.90. The Hall–Kier alpha value is -0.0400. The Kier molecular flexibility index (Phi) is 3.88. The minimum absolute atomic E-state index is 0.704. The molecule has 0 aliphatic rings. The second-order valence-electron chi connectivity index (χ2n) is 2.97. The van der Waals surface area contributed by atoms with Crippen molar-refractivity contribution in [2.75, 3.05) is 6.54 Å². The van der Waals surface area contributed by atoms with Crippen molar-refractivity contribution in [1.82, 2.24) is 0 Å². The van der Waals surface area contributed by atoms with E-state index >= 15 is 0 Å². The number of hydrogen-bond acceptors (Lipinski definition) is 1. The maximum Gasteiger partial charge on any atom is -0.00514 e. The monoisotopic (exact) mass is 115 g/mol. The SMILES string of the molecule is CC(C)C[C@H](C)CN. The molecular formula is C7H17N. The van der Waals surface area contributed by atoms with Gasteiger partial charge in [-0.25, -0.2) is 0 Å². The van der Waals surface area contributed by atoms with Crippen molar-refractivity contribution < 1.29 is 0 Å². The molecule has 0 radical (unpaired) electrons. The van der Waals surface area contributed by atoms with Gasteiger partial charge in [0.05, 0.1) is 0 Å². The molecule has 0 unspecified atom stereocenters. The summed E-state index contributed by atoms with van der Waals surface area (Å²) < 4.78 is 0. The Balaban J connectivity index is 3.10. The molecular weight excluding hydrogens is 98.1 g/mol. The first-order chi connectivity index (χ1) is 3.66. The van der Waals surface area contributed by atoms with Gasteiger partial charge in [-0.3, -0.25) is 0 Å². The highest BCUT2D eigenvalue weighted by Gasteiger charge is 2.00. The van der Waals surface area contributed by atoms with E-state index < -0.39 is 0 Å². The summed E-state index contributed by atoms with van der Waals surface area (Å²) in [7, 11) is 0. The van der Waals surface area contributed by atoms with E-state index in [1.54, 1.807) is 0 Å². The first-order valence-corrected chi connectivity index (χ1v) is 3.37. The summed E-state index contributed by atoms with van der Waals surface area (Å²) in [6.45, 7) is 7.48. The lowest BCUT2D eigenvalue weighted by molar-refractivity contribution is 0.447. The molecule has 0 saturated heterocycles. The smallest absolute Gasteiger partial charge is 0.00514 e. The zero-order valence-corrected chi connectivity index (χ0v) is 6.15. The molecule has 0 aromatic carbocycles. The van der Waals surface area contributed by atoms with Crippen molar-refractivity contribution in [2.45, 2.75) is 27.2 Å². The third kappa shape index (κ3) is 4.13. The van der Waals surface area contributed by atoms with Crippen LogP contribution >= 0.6 is 0 Å². The molecule has 0 aliphatic heterocycles. The lowest BCUT2D eigenvalue weighted by Gasteiger charge is -2.09. The summed E-state index contributed by atoms with van der Waals surface area (Å²) in [5.41, 5.74) is 5.42. The van der Waals surface area contributed by atoms with Gasteiger partial charge in [-0.15, -0.1) is 0 Å². The standard InChI is InChI=1S/C7H17N/c1-6(2)4-7(3)5-8/h6-7H,4-5,8H2,1-3H3/t7-/m0/s1. The Bertz CT molecular complexity index is 50.3. The van der Waals surface area contributed by atoms with Crippen LogP contribution in [0.5, 0.6) is 0 Å². The van der Waals surface area contributed by atoms with Crippen molar-refractivity contribution >= 4 is 0 Å². The van der Waals surface area contributed by atoms with Crippen LogP contribution < -0.4 is 5.73 Å². The predicted octanol–water partition coefficient (Wildman–Crippen LogP) is 1.63. The molecule has 0 saturated carbocycles. The van der Waals surface area contributed by atoms with E-state index in [0.717, 1.165) is 12.5 Å². The van der Waals surface area contributed by atoms with Crippen LogP contribution in [0.2, 0.25) is 0 Å². The van der Waals surface area contributed by atoms with Crippen molar-refractivity contribution in [3.05, 3.63) is 0 Å². The molecule has 50 valence electrons. The summed E-state index contributed by atoms with van der Waals surface area (Å²) in [6.07, 6.45) is 1.26. The summed E-state index contributed by atoms with van der Waals surface area (Å²) >= 11 is 0. The van der Waals surface area contributed by atoms with Crippen LogP contribution in [0.15, 0.2) is 0 Å². The van der Waals surface area contributed by atoms with Gasteiger partial charge in [-0.2, -0.15) is 0 Å². The average molecular weight is 115 g/mol. The van der Waals surface area contributed by atoms with Crippen LogP contribution in [0, 0.1) is 11.8 Å². The Morgan fingerprint density at radius 1 is 1.25 bits per heavy atom. The normalized spacial score (nSPS) is 14.6. The predicted molar refractivity (Wildman–Crippen MR) is 37.7 cm³/mol. The molecule has 0 bridgehead atoms. The van der Waals surface area contributed by atoms with E-state index in [4.69, 9.17) is 5.73 Å². The van der Waals surface area contributed by atoms with Crippen molar-refractivity contribution in [3.63, 3.8) is 0 Å². The first-order valence-electron chi connectivity index (χ1n) is 3.37. The highest BCUT2D eigenvalue weighted by atomic mass is 14.5. The fraction of sp³-hybridized carbons (Fsp3) is 1.00. The second-order valence-corrected chi connectivity index (χ2v) is 2.97. The van der Waals surface area contributed by atoms with Crippen LogP contribution in [0.4, 0.5) is 0 Å². The lowest BCUT2D eigenvalue weighted by Crippen LogP contribution is -2.12. The molecule has 0 heterocycles. The maximum atomic E-state index is 5.42. The van der Waals surface area contributed by atoms with Gasteiger partial charge >= 0.3 is 0 Å². The zero-order valence-electron chi connectivity index (χ0n) is 6.15. The van der Waals surface area contributed by atoms with Gasteiger partial charge in [0.15, 0.2) is 0 Å². The molecule has 0 amide bonds. The van der Waals surface area contributed by atoms with Crippen molar-refractivity contribution in [2.24, 2.45) is 17.6 Å².